The van der Waals surface area contributed by atoms with Crippen LogP contribution in [0.2, 0.25) is 0 Å². The van der Waals surface area contributed by atoms with Gasteiger partial charge in [-0.2, -0.15) is 0 Å². The minimum absolute atomic E-state index is 0.108. The summed E-state index contributed by atoms with van der Waals surface area (Å²) in [5.74, 6) is 0.157. The summed E-state index contributed by atoms with van der Waals surface area (Å²) in [5, 5.41) is 12.6. The molecule has 2 heterocycles. The van der Waals surface area contributed by atoms with Crippen LogP contribution in [0.15, 0.2) is 42.6 Å². The Morgan fingerprint density at radius 1 is 1.25 bits per heavy atom. The number of β-amino-alcohol motifs (C(OH)–C–C–N with tert-alkyl or cyclic N) is 1. The number of likely N-dealkylation sites (tertiary alicyclic amines) is 1. The van der Waals surface area contributed by atoms with Gasteiger partial charge in [0.1, 0.15) is 5.82 Å². The molecule has 0 radical (unpaired) electrons. The normalized spacial score (nSPS) is 23.2. The number of hydrogen-bond acceptors (Lipinski definition) is 4. The maximum atomic E-state index is 13.4. The van der Waals surface area contributed by atoms with E-state index in [-0.39, 0.29) is 23.9 Å². The number of aliphatic hydroxyl groups is 1. The van der Waals surface area contributed by atoms with E-state index in [4.69, 9.17) is 0 Å². The van der Waals surface area contributed by atoms with Gasteiger partial charge >= 0.3 is 0 Å². The van der Waals surface area contributed by atoms with Gasteiger partial charge in [-0.15, -0.1) is 0 Å². The third kappa shape index (κ3) is 4.56. The Morgan fingerprint density at radius 2 is 2.11 bits per heavy atom. The van der Waals surface area contributed by atoms with Gasteiger partial charge in [-0.1, -0.05) is 18.6 Å². The summed E-state index contributed by atoms with van der Waals surface area (Å²) < 4.78 is 13.4. The van der Waals surface area contributed by atoms with E-state index >= 15 is 0 Å². The predicted molar refractivity (Wildman–Crippen MR) is 105 cm³/mol. The van der Waals surface area contributed by atoms with Crippen molar-refractivity contribution in [2.24, 2.45) is 5.92 Å². The molecule has 1 aromatic heterocycles. The molecule has 4 rings (SSSR count). The molecule has 1 aliphatic heterocycles. The quantitative estimate of drug-likeness (QED) is 0.833. The van der Waals surface area contributed by atoms with Crippen LogP contribution in [0.5, 0.6) is 0 Å². The molecule has 2 fully saturated rings. The van der Waals surface area contributed by atoms with Crippen molar-refractivity contribution in [3.05, 3.63) is 54.0 Å². The first-order valence-electron chi connectivity index (χ1n) is 10.00. The number of carbonyl (C=O) groups excluding carboxylic acids is 1. The fourth-order valence-corrected chi connectivity index (χ4v) is 4.26. The highest BCUT2D eigenvalue weighted by Crippen LogP contribution is 2.27. The Labute approximate surface area is 164 Å². The molecule has 1 aliphatic carbocycles. The molecular weight excluding hydrogens is 357 g/mol. The Bertz CT molecular complexity index is 821. The summed E-state index contributed by atoms with van der Waals surface area (Å²) in [7, 11) is 0. The Hall–Kier alpha value is -2.31. The molecule has 2 aliphatic rings. The number of nitrogens with zero attached hydrogens (tertiary/aromatic N) is 2. The molecular formula is C22H26FN3O2. The van der Waals surface area contributed by atoms with E-state index in [1.54, 1.807) is 30.5 Å². The molecule has 1 unspecified atom stereocenters. The highest BCUT2D eigenvalue weighted by Gasteiger charge is 2.30. The summed E-state index contributed by atoms with van der Waals surface area (Å²) in [6.45, 7) is 2.56. The van der Waals surface area contributed by atoms with E-state index in [9.17, 15) is 14.3 Å². The molecule has 5 nitrogen and oxygen atoms in total. The van der Waals surface area contributed by atoms with Crippen molar-refractivity contribution >= 4 is 5.91 Å². The summed E-state index contributed by atoms with van der Waals surface area (Å²) in [6, 6.07) is 9.94. The average Bonchev–Trinajstić information content (AvgIpc) is 2.67. The number of hydrogen-bond donors (Lipinski definition) is 2. The molecule has 1 aromatic carbocycles. The van der Waals surface area contributed by atoms with Crippen LogP contribution in [0.4, 0.5) is 4.39 Å². The van der Waals surface area contributed by atoms with Gasteiger partial charge in [-0.3, -0.25) is 14.7 Å². The molecule has 0 bridgehead atoms. The first kappa shape index (κ1) is 19.0. The lowest BCUT2D eigenvalue weighted by Crippen LogP contribution is -2.53. The SMILES string of the molecule is O=C(NC1CCC[C@H](CN2CC(O)C2)C1)c1ccc(-c2cccc(F)c2)nc1. The lowest BCUT2D eigenvalue weighted by atomic mass is 9.84. The summed E-state index contributed by atoms with van der Waals surface area (Å²) in [6.07, 6.45) is 5.66. The molecule has 6 heteroatoms. The lowest BCUT2D eigenvalue weighted by molar-refractivity contribution is -0.0105. The number of nitrogens with one attached hydrogen (secondary N) is 1. The van der Waals surface area contributed by atoms with E-state index in [1.165, 1.54) is 18.6 Å². The minimum Gasteiger partial charge on any atom is -0.390 e. The zero-order valence-electron chi connectivity index (χ0n) is 15.9. The molecule has 2 atom stereocenters. The van der Waals surface area contributed by atoms with Crippen LogP contribution in [0.1, 0.15) is 36.0 Å². The third-order valence-corrected chi connectivity index (χ3v) is 5.72. The van der Waals surface area contributed by atoms with Crippen molar-refractivity contribution in [2.45, 2.75) is 37.8 Å². The first-order chi connectivity index (χ1) is 13.6. The number of aliphatic hydroxyl groups excluding tert-OH is 1. The van der Waals surface area contributed by atoms with E-state index in [2.05, 4.69) is 15.2 Å². The second-order valence-corrected chi connectivity index (χ2v) is 8.02. The number of pyridine rings is 1. The zero-order valence-corrected chi connectivity index (χ0v) is 15.9. The van der Waals surface area contributed by atoms with Gasteiger partial charge in [0.2, 0.25) is 0 Å². The van der Waals surface area contributed by atoms with Gasteiger partial charge in [-0.05, 0) is 49.4 Å². The van der Waals surface area contributed by atoms with Crippen molar-refractivity contribution in [1.82, 2.24) is 15.2 Å². The van der Waals surface area contributed by atoms with E-state index in [0.29, 0.717) is 22.7 Å². The standard InChI is InChI=1S/C22H26FN3O2/c23-18-5-2-4-16(10-18)21-8-7-17(11-24-21)22(28)25-19-6-1-3-15(9-19)12-26-13-20(27)14-26/h2,4-5,7-8,10-11,15,19-20,27H,1,3,6,9,12-14H2,(H,25,28)/t15-,19?/m0/s1. The molecule has 1 saturated carbocycles. The number of benzene rings is 1. The Balaban J connectivity index is 1.33. The number of aromatic nitrogens is 1. The zero-order chi connectivity index (χ0) is 19.5. The summed E-state index contributed by atoms with van der Waals surface area (Å²) in [5.41, 5.74) is 1.86. The largest absolute Gasteiger partial charge is 0.390 e. The molecule has 0 spiro atoms. The molecule has 2 aromatic rings. The van der Waals surface area contributed by atoms with Gasteiger partial charge in [-0.25, -0.2) is 4.39 Å². The van der Waals surface area contributed by atoms with E-state index < -0.39 is 0 Å². The molecule has 28 heavy (non-hydrogen) atoms. The van der Waals surface area contributed by atoms with Crippen LogP contribution in [0.3, 0.4) is 0 Å². The average molecular weight is 383 g/mol. The Morgan fingerprint density at radius 3 is 2.82 bits per heavy atom. The topological polar surface area (TPSA) is 65.5 Å². The molecule has 148 valence electrons. The van der Waals surface area contributed by atoms with Crippen molar-refractivity contribution < 1.29 is 14.3 Å². The van der Waals surface area contributed by atoms with E-state index in [1.807, 2.05) is 0 Å². The number of rotatable bonds is 5. The van der Waals surface area contributed by atoms with Gasteiger partial charge in [0.15, 0.2) is 0 Å². The van der Waals surface area contributed by atoms with Crippen molar-refractivity contribution in [3.8, 4) is 11.3 Å². The number of halogens is 1. The minimum atomic E-state index is -0.305. The second kappa shape index (κ2) is 8.37. The van der Waals surface area contributed by atoms with Crippen LogP contribution >= 0.6 is 0 Å². The molecule has 1 amide bonds. The van der Waals surface area contributed by atoms with Gasteiger partial charge in [0.05, 0.1) is 17.4 Å². The fraction of sp³-hybridized carbons (Fsp3) is 0.455. The summed E-state index contributed by atoms with van der Waals surface area (Å²) >= 11 is 0. The maximum absolute atomic E-state index is 13.4. The van der Waals surface area contributed by atoms with Crippen molar-refractivity contribution in [2.75, 3.05) is 19.6 Å². The lowest BCUT2D eigenvalue weighted by Gasteiger charge is -2.40. The second-order valence-electron chi connectivity index (χ2n) is 8.02. The highest BCUT2D eigenvalue weighted by molar-refractivity contribution is 5.94. The van der Waals surface area contributed by atoms with Crippen LogP contribution in [0, 0.1) is 11.7 Å². The number of amides is 1. The van der Waals surface area contributed by atoms with Crippen molar-refractivity contribution in [1.29, 1.82) is 0 Å². The van der Waals surface area contributed by atoms with E-state index in [0.717, 1.165) is 38.9 Å². The predicted octanol–water partition coefficient (Wildman–Crippen LogP) is 2.85. The van der Waals surface area contributed by atoms with Gasteiger partial charge in [0, 0.05) is 37.4 Å². The monoisotopic (exact) mass is 383 g/mol. The summed E-state index contributed by atoms with van der Waals surface area (Å²) in [4.78, 5) is 19.2. The third-order valence-electron chi connectivity index (χ3n) is 5.72. The van der Waals surface area contributed by atoms with Crippen molar-refractivity contribution in [3.63, 3.8) is 0 Å². The Kier molecular flexibility index (Phi) is 5.69. The first-order valence-corrected chi connectivity index (χ1v) is 10.00. The maximum Gasteiger partial charge on any atom is 0.253 e. The van der Waals surface area contributed by atoms with Crippen LogP contribution in [0.25, 0.3) is 11.3 Å². The molecule has 2 N–H and O–H groups in total. The fourth-order valence-electron chi connectivity index (χ4n) is 4.26. The van der Waals surface area contributed by atoms with Crippen LogP contribution in [-0.4, -0.2) is 52.7 Å². The van der Waals surface area contributed by atoms with Gasteiger partial charge in [0.25, 0.3) is 5.91 Å². The number of carbonyl (C=O) groups is 1. The smallest absolute Gasteiger partial charge is 0.253 e. The van der Waals surface area contributed by atoms with Crippen LogP contribution in [-0.2, 0) is 0 Å². The van der Waals surface area contributed by atoms with Crippen LogP contribution < -0.4 is 5.32 Å². The highest BCUT2D eigenvalue weighted by atomic mass is 19.1. The van der Waals surface area contributed by atoms with Gasteiger partial charge < -0.3 is 10.4 Å². The molecule has 1 saturated heterocycles.